The van der Waals surface area contributed by atoms with Gasteiger partial charge < -0.3 is 10.6 Å². The number of amides is 1. The van der Waals surface area contributed by atoms with E-state index < -0.39 is 0 Å². The molecule has 5 heteroatoms. The van der Waals surface area contributed by atoms with Crippen LogP contribution in [0.1, 0.15) is 6.42 Å². The van der Waals surface area contributed by atoms with Crippen LogP contribution in [0.4, 0.5) is 5.69 Å². The van der Waals surface area contributed by atoms with Crippen molar-refractivity contribution in [2.24, 2.45) is 5.92 Å². The van der Waals surface area contributed by atoms with Gasteiger partial charge in [-0.2, -0.15) is 0 Å². The van der Waals surface area contributed by atoms with Crippen LogP contribution in [0.3, 0.4) is 0 Å². The number of nitrogens with zero attached hydrogens (tertiary/aromatic N) is 1. The largest absolute Gasteiger partial charge is 0.324 e. The lowest BCUT2D eigenvalue weighted by molar-refractivity contribution is -0.119. The van der Waals surface area contributed by atoms with Crippen LogP contribution in [0.2, 0.25) is 5.02 Å². The molecular formula is C14H14ClN3O. The van der Waals surface area contributed by atoms with Gasteiger partial charge in [-0.25, -0.2) is 0 Å². The average molecular weight is 276 g/mol. The fourth-order valence-electron chi connectivity index (χ4n) is 2.36. The van der Waals surface area contributed by atoms with Crippen molar-refractivity contribution in [2.75, 3.05) is 18.4 Å². The molecular weight excluding hydrogens is 262 g/mol. The Kier molecular flexibility index (Phi) is 3.36. The lowest BCUT2D eigenvalue weighted by Crippen LogP contribution is -2.24. The van der Waals surface area contributed by atoms with Crippen molar-refractivity contribution in [3.63, 3.8) is 0 Å². The van der Waals surface area contributed by atoms with E-state index in [1.807, 2.05) is 18.2 Å². The summed E-state index contributed by atoms with van der Waals surface area (Å²) in [4.78, 5) is 16.5. The Morgan fingerprint density at radius 1 is 1.47 bits per heavy atom. The van der Waals surface area contributed by atoms with Crippen molar-refractivity contribution >= 4 is 34.1 Å². The summed E-state index contributed by atoms with van der Waals surface area (Å²) in [6.45, 7) is 1.63. The van der Waals surface area contributed by atoms with Gasteiger partial charge >= 0.3 is 0 Å². The highest BCUT2D eigenvalue weighted by Gasteiger charge is 2.23. The van der Waals surface area contributed by atoms with Crippen molar-refractivity contribution < 1.29 is 4.79 Å². The number of halogens is 1. The maximum atomic E-state index is 12.1. The molecule has 1 amide bonds. The third-order valence-corrected chi connectivity index (χ3v) is 3.58. The summed E-state index contributed by atoms with van der Waals surface area (Å²) < 4.78 is 0. The van der Waals surface area contributed by atoms with Crippen LogP contribution in [0.15, 0.2) is 30.5 Å². The van der Waals surface area contributed by atoms with Crippen LogP contribution < -0.4 is 10.6 Å². The SMILES string of the molecule is O=C(Nc1cc(Cl)cc2cccnc12)C1CCNC1. The number of benzene rings is 1. The summed E-state index contributed by atoms with van der Waals surface area (Å²) >= 11 is 6.08. The summed E-state index contributed by atoms with van der Waals surface area (Å²) in [5, 5.41) is 7.65. The number of hydrogen-bond acceptors (Lipinski definition) is 3. The zero-order valence-corrected chi connectivity index (χ0v) is 11.1. The monoisotopic (exact) mass is 275 g/mol. The molecule has 2 aromatic rings. The molecule has 98 valence electrons. The first-order valence-corrected chi connectivity index (χ1v) is 6.68. The lowest BCUT2D eigenvalue weighted by atomic mass is 10.1. The van der Waals surface area contributed by atoms with Gasteiger partial charge in [0.15, 0.2) is 0 Å². The van der Waals surface area contributed by atoms with Crippen molar-refractivity contribution in [3.8, 4) is 0 Å². The average Bonchev–Trinajstić information content (AvgIpc) is 2.92. The molecule has 2 N–H and O–H groups in total. The number of fused-ring (bicyclic) bond motifs is 1. The van der Waals surface area contributed by atoms with E-state index in [9.17, 15) is 4.79 Å². The van der Waals surface area contributed by atoms with Crippen LogP contribution in [0, 0.1) is 5.92 Å². The highest BCUT2D eigenvalue weighted by atomic mass is 35.5. The minimum atomic E-state index is 0.0257. The quantitative estimate of drug-likeness (QED) is 0.885. The predicted octanol–water partition coefficient (Wildman–Crippen LogP) is 2.44. The van der Waals surface area contributed by atoms with Crippen molar-refractivity contribution in [2.45, 2.75) is 6.42 Å². The third kappa shape index (κ3) is 2.55. The molecule has 19 heavy (non-hydrogen) atoms. The van der Waals surface area contributed by atoms with Crippen molar-refractivity contribution in [1.29, 1.82) is 0 Å². The molecule has 0 saturated carbocycles. The van der Waals surface area contributed by atoms with Gasteiger partial charge in [-0.3, -0.25) is 9.78 Å². The molecule has 1 aromatic carbocycles. The number of hydrogen-bond donors (Lipinski definition) is 2. The Bertz CT molecular complexity index is 623. The smallest absolute Gasteiger partial charge is 0.228 e. The van der Waals surface area contributed by atoms with Gasteiger partial charge in [0.1, 0.15) is 0 Å². The van der Waals surface area contributed by atoms with Crippen molar-refractivity contribution in [3.05, 3.63) is 35.5 Å². The summed E-state index contributed by atoms with van der Waals surface area (Å²) in [6, 6.07) is 7.37. The summed E-state index contributed by atoms with van der Waals surface area (Å²) in [5.41, 5.74) is 1.45. The normalized spacial score (nSPS) is 18.7. The van der Waals surface area contributed by atoms with E-state index >= 15 is 0 Å². The molecule has 2 heterocycles. The maximum Gasteiger partial charge on any atom is 0.228 e. The molecule has 1 aromatic heterocycles. The summed E-state index contributed by atoms with van der Waals surface area (Å²) in [5.74, 6) is 0.0527. The molecule has 1 aliphatic rings. The van der Waals surface area contributed by atoms with Crippen molar-refractivity contribution in [1.82, 2.24) is 10.3 Å². The molecule has 1 saturated heterocycles. The lowest BCUT2D eigenvalue weighted by Gasteiger charge is -2.12. The minimum Gasteiger partial charge on any atom is -0.324 e. The fraction of sp³-hybridized carbons (Fsp3) is 0.286. The van der Waals surface area contributed by atoms with E-state index in [-0.39, 0.29) is 11.8 Å². The second kappa shape index (κ2) is 5.15. The highest BCUT2D eigenvalue weighted by Crippen LogP contribution is 2.27. The highest BCUT2D eigenvalue weighted by molar-refractivity contribution is 6.32. The number of rotatable bonds is 2. The second-order valence-electron chi connectivity index (χ2n) is 4.71. The van der Waals surface area contributed by atoms with Gasteiger partial charge in [-0.05, 0) is 31.2 Å². The Balaban J connectivity index is 1.93. The molecule has 3 rings (SSSR count). The summed E-state index contributed by atoms with van der Waals surface area (Å²) in [7, 11) is 0. The molecule has 0 bridgehead atoms. The Morgan fingerprint density at radius 3 is 3.16 bits per heavy atom. The molecule has 1 fully saturated rings. The number of nitrogens with one attached hydrogen (secondary N) is 2. The van der Waals surface area contributed by atoms with Gasteiger partial charge in [0.05, 0.1) is 17.1 Å². The Labute approximate surface area is 116 Å². The molecule has 1 atom stereocenters. The first-order valence-electron chi connectivity index (χ1n) is 6.30. The topological polar surface area (TPSA) is 54.0 Å². The standard InChI is InChI=1S/C14H14ClN3O/c15-11-6-9-2-1-4-17-13(9)12(7-11)18-14(19)10-3-5-16-8-10/h1-2,4,6-7,10,16H,3,5,8H2,(H,18,19). The first kappa shape index (κ1) is 12.4. The van der Waals surface area contributed by atoms with Crippen LogP contribution >= 0.6 is 11.6 Å². The van der Waals surface area contributed by atoms with Gasteiger partial charge in [-0.15, -0.1) is 0 Å². The molecule has 1 unspecified atom stereocenters. The Hall–Kier alpha value is -1.65. The zero-order valence-electron chi connectivity index (χ0n) is 10.3. The molecule has 1 aliphatic heterocycles. The minimum absolute atomic E-state index is 0.0257. The van der Waals surface area contributed by atoms with E-state index in [0.29, 0.717) is 10.7 Å². The molecule has 0 spiro atoms. The van der Waals surface area contributed by atoms with Gasteiger partial charge in [0, 0.05) is 23.2 Å². The van der Waals surface area contributed by atoms with Crippen LogP contribution in [0.25, 0.3) is 10.9 Å². The second-order valence-corrected chi connectivity index (χ2v) is 5.14. The maximum absolute atomic E-state index is 12.1. The van der Waals surface area contributed by atoms with E-state index in [1.165, 1.54) is 0 Å². The zero-order chi connectivity index (χ0) is 13.2. The van der Waals surface area contributed by atoms with Crippen LogP contribution in [-0.4, -0.2) is 24.0 Å². The van der Waals surface area contributed by atoms with Gasteiger partial charge in [-0.1, -0.05) is 17.7 Å². The molecule has 4 nitrogen and oxygen atoms in total. The Morgan fingerprint density at radius 2 is 2.37 bits per heavy atom. The number of carbonyl (C=O) groups excluding carboxylic acids is 1. The van der Waals surface area contributed by atoms with Gasteiger partial charge in [0.2, 0.25) is 5.91 Å². The number of aromatic nitrogens is 1. The van der Waals surface area contributed by atoms with Gasteiger partial charge in [0.25, 0.3) is 0 Å². The van der Waals surface area contributed by atoms with Crippen LogP contribution in [-0.2, 0) is 4.79 Å². The van der Waals surface area contributed by atoms with E-state index in [4.69, 9.17) is 11.6 Å². The van der Waals surface area contributed by atoms with E-state index in [2.05, 4.69) is 15.6 Å². The predicted molar refractivity (Wildman–Crippen MR) is 76.4 cm³/mol. The molecule has 0 aliphatic carbocycles. The number of anilines is 1. The fourth-order valence-corrected chi connectivity index (χ4v) is 2.59. The van der Waals surface area contributed by atoms with E-state index in [1.54, 1.807) is 12.3 Å². The van der Waals surface area contributed by atoms with Crippen LogP contribution in [0.5, 0.6) is 0 Å². The number of carbonyl (C=O) groups is 1. The first-order chi connectivity index (χ1) is 9.24. The third-order valence-electron chi connectivity index (χ3n) is 3.36. The van der Waals surface area contributed by atoms with E-state index in [0.717, 1.165) is 30.4 Å². The molecule has 0 radical (unpaired) electrons. The summed E-state index contributed by atoms with van der Waals surface area (Å²) in [6.07, 6.45) is 2.58. The number of pyridine rings is 1.